The van der Waals surface area contributed by atoms with Gasteiger partial charge >= 0.3 is 0 Å². The van der Waals surface area contributed by atoms with Gasteiger partial charge in [0.05, 0.1) is 0 Å². The van der Waals surface area contributed by atoms with E-state index in [9.17, 15) is 0 Å². The second kappa shape index (κ2) is 9.57. The zero-order valence-electron chi connectivity index (χ0n) is 17.2. The van der Waals surface area contributed by atoms with E-state index in [2.05, 4.69) is 70.2 Å². The Morgan fingerprint density at radius 1 is 0.933 bits per heavy atom. The maximum Gasteiger partial charge on any atom is 0.153 e. The molecular formula is C25H28N4O. The van der Waals surface area contributed by atoms with Crippen LogP contribution in [0.15, 0.2) is 83.9 Å². The molecular weight excluding hydrogens is 372 g/mol. The molecule has 1 aliphatic heterocycles. The monoisotopic (exact) mass is 400 g/mol. The van der Waals surface area contributed by atoms with Gasteiger partial charge in [0.25, 0.3) is 0 Å². The second-order valence-electron chi connectivity index (χ2n) is 7.56. The number of hydrogen-bond donors (Lipinski definition) is 3. The number of rotatable bonds is 8. The van der Waals surface area contributed by atoms with Gasteiger partial charge < -0.3 is 21.1 Å². The summed E-state index contributed by atoms with van der Waals surface area (Å²) in [6, 6.07) is 27.3. The van der Waals surface area contributed by atoms with Crippen molar-refractivity contribution < 1.29 is 4.74 Å². The number of nitrogens with one attached hydrogen (secondary N) is 2. The number of nitrogens with zero attached hydrogens (tertiary/aromatic N) is 1. The Morgan fingerprint density at radius 3 is 2.43 bits per heavy atom. The van der Waals surface area contributed by atoms with Crippen molar-refractivity contribution in [1.82, 2.24) is 10.6 Å². The average Bonchev–Trinajstić information content (AvgIpc) is 2.78. The van der Waals surface area contributed by atoms with Crippen LogP contribution in [-0.2, 0) is 13.1 Å². The minimum atomic E-state index is -0.181. The topological polar surface area (TPSA) is 71.7 Å². The first kappa shape index (κ1) is 20.1. The van der Waals surface area contributed by atoms with Gasteiger partial charge in [-0.3, -0.25) is 0 Å². The average molecular weight is 401 g/mol. The van der Waals surface area contributed by atoms with Gasteiger partial charge in [-0.25, -0.2) is 4.99 Å². The molecule has 2 atom stereocenters. The van der Waals surface area contributed by atoms with Gasteiger partial charge in [-0.1, -0.05) is 66.7 Å². The molecule has 0 saturated heterocycles. The Morgan fingerprint density at radius 2 is 1.67 bits per heavy atom. The van der Waals surface area contributed by atoms with Crippen LogP contribution in [0.4, 0.5) is 5.69 Å². The molecule has 3 aromatic carbocycles. The fourth-order valence-electron chi connectivity index (χ4n) is 3.53. The number of benzene rings is 3. The Kier molecular flexibility index (Phi) is 6.42. The van der Waals surface area contributed by atoms with Gasteiger partial charge in [0.15, 0.2) is 6.10 Å². The van der Waals surface area contributed by atoms with Crippen molar-refractivity contribution in [3.05, 3.63) is 95.6 Å². The van der Waals surface area contributed by atoms with Crippen molar-refractivity contribution in [3.63, 3.8) is 0 Å². The fraction of sp³-hybridized carbons (Fsp3) is 0.240. The molecule has 30 heavy (non-hydrogen) atoms. The summed E-state index contributed by atoms with van der Waals surface area (Å²) >= 11 is 0. The quantitative estimate of drug-likeness (QED) is 0.533. The van der Waals surface area contributed by atoms with Crippen LogP contribution in [0.3, 0.4) is 0 Å². The number of nitrogens with two attached hydrogens (primary N) is 1. The van der Waals surface area contributed by atoms with Crippen LogP contribution in [0, 0.1) is 0 Å². The van der Waals surface area contributed by atoms with E-state index in [0.717, 1.165) is 36.6 Å². The summed E-state index contributed by atoms with van der Waals surface area (Å²) in [5.74, 6) is 1.30. The molecule has 0 saturated carbocycles. The predicted octanol–water partition coefficient (Wildman–Crippen LogP) is 4.08. The Balaban J connectivity index is 1.42. The van der Waals surface area contributed by atoms with E-state index >= 15 is 0 Å². The summed E-state index contributed by atoms with van der Waals surface area (Å²) < 4.78 is 5.80. The standard InChI is InChI=1S/C25H28N4O/c1-18-25(26)29-22-14-20(12-13-24(22)30-18)16-28-23(21-10-6-3-7-11-21)17-27-15-19-8-4-2-5-9-19/h2-14,18,23,27-28H,15-17H2,1H3,(H2,26,29). The fourth-order valence-corrected chi connectivity index (χ4v) is 3.53. The van der Waals surface area contributed by atoms with Crippen LogP contribution in [-0.4, -0.2) is 18.5 Å². The molecule has 2 unspecified atom stereocenters. The molecule has 0 amide bonds. The molecule has 1 heterocycles. The van der Waals surface area contributed by atoms with E-state index in [0.29, 0.717) is 5.84 Å². The van der Waals surface area contributed by atoms with Crippen LogP contribution in [0.5, 0.6) is 5.75 Å². The summed E-state index contributed by atoms with van der Waals surface area (Å²) in [4.78, 5) is 4.49. The molecule has 4 N–H and O–H groups in total. The third-order valence-electron chi connectivity index (χ3n) is 5.27. The highest BCUT2D eigenvalue weighted by molar-refractivity contribution is 5.89. The van der Waals surface area contributed by atoms with Gasteiger partial charge in [0, 0.05) is 25.7 Å². The van der Waals surface area contributed by atoms with Gasteiger partial charge in [-0.05, 0) is 35.7 Å². The highest BCUT2D eigenvalue weighted by Gasteiger charge is 2.18. The van der Waals surface area contributed by atoms with Crippen molar-refractivity contribution >= 4 is 11.5 Å². The summed E-state index contributed by atoms with van der Waals surface area (Å²) in [7, 11) is 0. The summed E-state index contributed by atoms with van der Waals surface area (Å²) in [6.45, 7) is 4.30. The third-order valence-corrected chi connectivity index (χ3v) is 5.27. The highest BCUT2D eigenvalue weighted by Crippen LogP contribution is 2.32. The van der Waals surface area contributed by atoms with Crippen molar-refractivity contribution in [2.45, 2.75) is 32.2 Å². The molecule has 0 bridgehead atoms. The van der Waals surface area contributed by atoms with E-state index in [1.807, 2.05) is 31.2 Å². The Bertz CT molecular complexity index is 989. The van der Waals surface area contributed by atoms with Crippen LogP contribution in [0.2, 0.25) is 0 Å². The first-order valence-corrected chi connectivity index (χ1v) is 10.4. The summed E-state index contributed by atoms with van der Waals surface area (Å²) in [5.41, 5.74) is 10.4. The van der Waals surface area contributed by atoms with Crippen LogP contribution >= 0.6 is 0 Å². The predicted molar refractivity (Wildman–Crippen MR) is 122 cm³/mol. The molecule has 0 aromatic heterocycles. The molecule has 0 spiro atoms. The first-order valence-electron chi connectivity index (χ1n) is 10.4. The molecule has 0 aliphatic carbocycles. The molecule has 3 aromatic rings. The molecule has 1 aliphatic rings. The van der Waals surface area contributed by atoms with Crippen LogP contribution in [0.25, 0.3) is 0 Å². The van der Waals surface area contributed by atoms with Gasteiger partial charge in [-0.15, -0.1) is 0 Å². The van der Waals surface area contributed by atoms with Crippen molar-refractivity contribution in [2.75, 3.05) is 6.54 Å². The Labute approximate surface area is 178 Å². The first-order chi connectivity index (χ1) is 14.7. The summed E-state index contributed by atoms with van der Waals surface area (Å²) in [5, 5.41) is 7.26. The lowest BCUT2D eigenvalue weighted by Crippen LogP contribution is -2.33. The Hall–Kier alpha value is -3.15. The van der Waals surface area contributed by atoms with Gasteiger partial charge in [-0.2, -0.15) is 0 Å². The lowest BCUT2D eigenvalue weighted by molar-refractivity contribution is 0.281. The molecule has 0 radical (unpaired) electrons. The number of hydrogen-bond acceptors (Lipinski definition) is 5. The minimum Gasteiger partial charge on any atom is -0.481 e. The lowest BCUT2D eigenvalue weighted by Gasteiger charge is -2.23. The smallest absolute Gasteiger partial charge is 0.153 e. The number of aliphatic imine (C=N–C) groups is 1. The van der Waals surface area contributed by atoms with Gasteiger partial charge in [0.1, 0.15) is 17.3 Å². The zero-order chi connectivity index (χ0) is 20.8. The number of ether oxygens (including phenoxy) is 1. The largest absolute Gasteiger partial charge is 0.481 e. The van der Waals surface area contributed by atoms with Crippen LogP contribution < -0.4 is 21.1 Å². The van der Waals surface area contributed by atoms with Gasteiger partial charge in [0.2, 0.25) is 0 Å². The number of amidine groups is 1. The van der Waals surface area contributed by atoms with E-state index in [1.165, 1.54) is 11.1 Å². The van der Waals surface area contributed by atoms with E-state index in [-0.39, 0.29) is 12.1 Å². The van der Waals surface area contributed by atoms with Crippen molar-refractivity contribution in [2.24, 2.45) is 10.7 Å². The molecule has 4 rings (SSSR count). The normalized spacial score (nSPS) is 16.3. The SMILES string of the molecule is CC1Oc2ccc(CNC(CNCc3ccccc3)c3ccccc3)cc2N=C1N. The summed E-state index contributed by atoms with van der Waals surface area (Å²) in [6.07, 6.45) is -0.181. The third kappa shape index (κ3) is 5.06. The molecule has 5 heteroatoms. The second-order valence-corrected chi connectivity index (χ2v) is 7.56. The maximum absolute atomic E-state index is 5.95. The zero-order valence-corrected chi connectivity index (χ0v) is 17.2. The highest BCUT2D eigenvalue weighted by atomic mass is 16.5. The van der Waals surface area contributed by atoms with Crippen LogP contribution in [0.1, 0.15) is 29.7 Å². The van der Waals surface area contributed by atoms with E-state index in [1.54, 1.807) is 0 Å². The minimum absolute atomic E-state index is 0.181. The maximum atomic E-state index is 5.95. The van der Waals surface area contributed by atoms with Crippen molar-refractivity contribution in [3.8, 4) is 5.75 Å². The van der Waals surface area contributed by atoms with E-state index < -0.39 is 0 Å². The molecule has 0 fully saturated rings. The van der Waals surface area contributed by atoms with Crippen molar-refractivity contribution in [1.29, 1.82) is 0 Å². The van der Waals surface area contributed by atoms with E-state index in [4.69, 9.17) is 10.5 Å². The lowest BCUT2D eigenvalue weighted by atomic mass is 10.1. The molecule has 5 nitrogen and oxygen atoms in total. The number of fused-ring (bicyclic) bond motifs is 1. The molecule has 154 valence electrons.